The highest BCUT2D eigenvalue weighted by Crippen LogP contribution is 2.20. The van der Waals surface area contributed by atoms with Gasteiger partial charge in [-0.05, 0) is 37.5 Å². The summed E-state index contributed by atoms with van der Waals surface area (Å²) in [6.07, 6.45) is 1.56. The topological polar surface area (TPSA) is 81.4 Å². The predicted molar refractivity (Wildman–Crippen MR) is 71.9 cm³/mol. The molecule has 0 aromatic heterocycles. The molecule has 0 spiro atoms. The summed E-state index contributed by atoms with van der Waals surface area (Å²) < 4.78 is 5.21. The second-order valence-electron chi connectivity index (χ2n) is 4.42. The van der Waals surface area contributed by atoms with E-state index in [2.05, 4.69) is 5.32 Å². The molecule has 0 bridgehead atoms. The van der Waals surface area contributed by atoms with Gasteiger partial charge in [-0.25, -0.2) is 4.79 Å². The smallest absolute Gasteiger partial charge is 0.338 e. The number of nitrogen functional groups attached to an aromatic ring is 1. The molecule has 19 heavy (non-hydrogen) atoms. The van der Waals surface area contributed by atoms with Crippen LogP contribution in [-0.4, -0.2) is 24.5 Å². The summed E-state index contributed by atoms with van der Waals surface area (Å²) in [6.45, 7) is 0.626. The Morgan fingerprint density at radius 1 is 1.42 bits per heavy atom. The minimum atomic E-state index is -0.730. The van der Waals surface area contributed by atoms with Crippen LogP contribution < -0.4 is 11.1 Å². The summed E-state index contributed by atoms with van der Waals surface area (Å²) in [6, 6.07) is 4.50. The van der Waals surface area contributed by atoms with E-state index in [1.807, 2.05) is 0 Å². The van der Waals surface area contributed by atoms with Crippen molar-refractivity contribution in [1.82, 2.24) is 5.32 Å². The zero-order chi connectivity index (χ0) is 13.8. The first-order valence-electron chi connectivity index (χ1n) is 6.11. The zero-order valence-corrected chi connectivity index (χ0v) is 11.1. The minimum Gasteiger partial charge on any atom is -0.449 e. The molecule has 1 fully saturated rings. The van der Waals surface area contributed by atoms with Gasteiger partial charge in [0.25, 0.3) is 5.91 Å². The number of rotatable bonds is 2. The molecule has 3 N–H and O–H groups in total. The Labute approximate surface area is 116 Å². The Balaban J connectivity index is 2.07. The fraction of sp³-hybridized carbons (Fsp3) is 0.385. The van der Waals surface area contributed by atoms with Crippen LogP contribution in [0.3, 0.4) is 0 Å². The summed E-state index contributed by atoms with van der Waals surface area (Å²) in [5.74, 6) is -0.807. The molecule has 1 amide bonds. The Morgan fingerprint density at radius 3 is 2.95 bits per heavy atom. The Bertz CT molecular complexity index is 505. The van der Waals surface area contributed by atoms with Crippen LogP contribution in [0.15, 0.2) is 18.2 Å². The number of nitrogens with two attached hydrogens (primary N) is 1. The van der Waals surface area contributed by atoms with Crippen LogP contribution in [0, 0.1) is 0 Å². The molecule has 102 valence electrons. The minimum absolute atomic E-state index is 0.243. The first kappa shape index (κ1) is 13.7. The van der Waals surface area contributed by atoms with Crippen molar-refractivity contribution in [3.63, 3.8) is 0 Å². The van der Waals surface area contributed by atoms with E-state index in [1.54, 1.807) is 0 Å². The van der Waals surface area contributed by atoms with E-state index < -0.39 is 12.1 Å². The van der Waals surface area contributed by atoms with Crippen molar-refractivity contribution in [3.8, 4) is 0 Å². The molecule has 5 nitrogen and oxygen atoms in total. The van der Waals surface area contributed by atoms with Gasteiger partial charge in [-0.15, -0.1) is 0 Å². The number of anilines is 1. The van der Waals surface area contributed by atoms with E-state index in [4.69, 9.17) is 22.1 Å². The van der Waals surface area contributed by atoms with Crippen LogP contribution in [0.2, 0.25) is 5.02 Å². The predicted octanol–water partition coefficient (Wildman–Crippen LogP) is 1.75. The highest BCUT2D eigenvalue weighted by Gasteiger charge is 2.25. The highest BCUT2D eigenvalue weighted by molar-refractivity contribution is 6.33. The average molecular weight is 283 g/mol. The molecular formula is C13H15ClN2O3. The van der Waals surface area contributed by atoms with Crippen LogP contribution in [0.4, 0.5) is 5.69 Å². The van der Waals surface area contributed by atoms with Gasteiger partial charge in [0.1, 0.15) is 0 Å². The number of esters is 1. The van der Waals surface area contributed by atoms with Crippen molar-refractivity contribution >= 4 is 29.2 Å². The van der Waals surface area contributed by atoms with Gasteiger partial charge in [0.15, 0.2) is 6.10 Å². The fourth-order valence-corrected chi connectivity index (χ4v) is 2.01. The second-order valence-corrected chi connectivity index (χ2v) is 4.82. The second kappa shape index (κ2) is 5.93. The molecule has 1 heterocycles. The lowest BCUT2D eigenvalue weighted by Gasteiger charge is -2.14. The molecule has 6 heteroatoms. The SMILES string of the molecule is Nc1cc(C(=O)OC2CCCCNC2=O)ccc1Cl. The Kier molecular flexibility index (Phi) is 4.27. The Morgan fingerprint density at radius 2 is 2.21 bits per heavy atom. The standard InChI is InChI=1S/C13H15ClN2O3/c14-9-5-4-8(7-10(9)15)13(18)19-11-3-1-2-6-16-12(11)17/h4-5,7,11H,1-3,6,15H2,(H,16,17). The monoisotopic (exact) mass is 282 g/mol. The zero-order valence-electron chi connectivity index (χ0n) is 10.3. The van der Waals surface area contributed by atoms with Crippen molar-refractivity contribution in [2.24, 2.45) is 0 Å². The molecule has 0 radical (unpaired) electrons. The van der Waals surface area contributed by atoms with Gasteiger partial charge >= 0.3 is 5.97 Å². The van der Waals surface area contributed by atoms with E-state index in [0.29, 0.717) is 29.2 Å². The number of halogens is 1. The Hall–Kier alpha value is -1.75. The van der Waals surface area contributed by atoms with Crippen LogP contribution in [0.25, 0.3) is 0 Å². The number of benzene rings is 1. The van der Waals surface area contributed by atoms with Gasteiger partial charge in [0, 0.05) is 6.54 Å². The van der Waals surface area contributed by atoms with E-state index >= 15 is 0 Å². The summed E-state index contributed by atoms with van der Waals surface area (Å²) in [5, 5.41) is 3.09. The van der Waals surface area contributed by atoms with E-state index in [9.17, 15) is 9.59 Å². The van der Waals surface area contributed by atoms with Crippen molar-refractivity contribution in [2.45, 2.75) is 25.4 Å². The molecule has 1 saturated heterocycles. The summed E-state index contributed by atoms with van der Waals surface area (Å²) in [5.41, 5.74) is 6.22. The van der Waals surface area contributed by atoms with Crippen molar-refractivity contribution in [3.05, 3.63) is 28.8 Å². The van der Waals surface area contributed by atoms with Gasteiger partial charge in [-0.2, -0.15) is 0 Å². The number of carbonyl (C=O) groups excluding carboxylic acids is 2. The van der Waals surface area contributed by atoms with Crippen LogP contribution >= 0.6 is 11.6 Å². The molecule has 1 aliphatic rings. The van der Waals surface area contributed by atoms with Crippen LogP contribution in [0.1, 0.15) is 29.6 Å². The summed E-state index contributed by atoms with van der Waals surface area (Å²) >= 11 is 5.78. The summed E-state index contributed by atoms with van der Waals surface area (Å²) in [7, 11) is 0. The van der Waals surface area contributed by atoms with E-state index in [-0.39, 0.29) is 5.91 Å². The third kappa shape index (κ3) is 3.38. The number of ether oxygens (including phenoxy) is 1. The maximum atomic E-state index is 11.9. The third-order valence-electron chi connectivity index (χ3n) is 2.97. The number of amides is 1. The molecule has 2 rings (SSSR count). The van der Waals surface area contributed by atoms with E-state index in [1.165, 1.54) is 18.2 Å². The molecule has 1 aromatic carbocycles. The van der Waals surface area contributed by atoms with Crippen LogP contribution in [0.5, 0.6) is 0 Å². The maximum Gasteiger partial charge on any atom is 0.338 e. The fourth-order valence-electron chi connectivity index (χ4n) is 1.89. The maximum absolute atomic E-state index is 11.9. The van der Waals surface area contributed by atoms with Crippen molar-refractivity contribution in [2.75, 3.05) is 12.3 Å². The number of hydrogen-bond acceptors (Lipinski definition) is 4. The lowest BCUT2D eigenvalue weighted by Crippen LogP contribution is -2.36. The molecule has 1 atom stereocenters. The molecule has 1 aliphatic heterocycles. The average Bonchev–Trinajstić information content (AvgIpc) is 2.58. The quantitative estimate of drug-likeness (QED) is 0.639. The third-order valence-corrected chi connectivity index (χ3v) is 3.31. The van der Waals surface area contributed by atoms with Crippen LogP contribution in [-0.2, 0) is 9.53 Å². The molecule has 0 saturated carbocycles. The van der Waals surface area contributed by atoms with Crippen molar-refractivity contribution in [1.29, 1.82) is 0 Å². The molecule has 0 aliphatic carbocycles. The molecular weight excluding hydrogens is 268 g/mol. The number of nitrogens with one attached hydrogen (secondary N) is 1. The number of carbonyl (C=O) groups is 2. The lowest BCUT2D eigenvalue weighted by molar-refractivity contribution is -0.129. The lowest BCUT2D eigenvalue weighted by atomic mass is 10.1. The van der Waals surface area contributed by atoms with Gasteiger partial charge in [0.2, 0.25) is 0 Å². The first-order chi connectivity index (χ1) is 9.08. The largest absolute Gasteiger partial charge is 0.449 e. The van der Waals surface area contributed by atoms with Gasteiger partial charge in [-0.3, -0.25) is 4.79 Å². The molecule has 1 aromatic rings. The summed E-state index contributed by atoms with van der Waals surface area (Å²) in [4.78, 5) is 23.6. The van der Waals surface area contributed by atoms with E-state index in [0.717, 1.165) is 12.8 Å². The highest BCUT2D eigenvalue weighted by atomic mass is 35.5. The van der Waals surface area contributed by atoms with Gasteiger partial charge in [0.05, 0.1) is 16.3 Å². The normalized spacial score (nSPS) is 19.4. The van der Waals surface area contributed by atoms with Gasteiger partial charge in [-0.1, -0.05) is 11.6 Å². The van der Waals surface area contributed by atoms with Gasteiger partial charge < -0.3 is 15.8 Å². The number of hydrogen-bond donors (Lipinski definition) is 2. The molecule has 1 unspecified atom stereocenters. The first-order valence-corrected chi connectivity index (χ1v) is 6.49. The van der Waals surface area contributed by atoms with Crippen molar-refractivity contribution < 1.29 is 14.3 Å².